The molecular formula is C11H10FN3O2. The standard InChI is InChI=1S/C11H10FN3O2/c1-7-14-10(15-17-7)6-13-11(16)8-3-2-4-9(12)5-8/h2-5H,6H2,1H3,(H,13,16). The van der Waals surface area contributed by atoms with Gasteiger partial charge in [-0.3, -0.25) is 4.79 Å². The SMILES string of the molecule is Cc1nc(CNC(=O)c2cccc(F)c2)no1. The minimum absolute atomic E-state index is 0.146. The second-order valence-electron chi connectivity index (χ2n) is 3.42. The smallest absolute Gasteiger partial charge is 0.251 e. The second-order valence-corrected chi connectivity index (χ2v) is 3.42. The van der Waals surface area contributed by atoms with Crippen LogP contribution in [0.5, 0.6) is 0 Å². The van der Waals surface area contributed by atoms with E-state index in [1.165, 1.54) is 18.2 Å². The number of carbonyl (C=O) groups excluding carboxylic acids is 1. The summed E-state index contributed by atoms with van der Waals surface area (Å²) in [5.41, 5.74) is 0.255. The summed E-state index contributed by atoms with van der Waals surface area (Å²) in [5.74, 6) is -0.0210. The van der Waals surface area contributed by atoms with Gasteiger partial charge < -0.3 is 9.84 Å². The third-order valence-corrected chi connectivity index (χ3v) is 2.06. The Kier molecular flexibility index (Phi) is 3.13. The lowest BCUT2D eigenvalue weighted by Gasteiger charge is -2.02. The molecule has 0 bridgehead atoms. The lowest BCUT2D eigenvalue weighted by atomic mass is 10.2. The van der Waals surface area contributed by atoms with Crippen molar-refractivity contribution in [2.75, 3.05) is 0 Å². The van der Waals surface area contributed by atoms with Crippen LogP contribution >= 0.6 is 0 Å². The number of nitrogens with one attached hydrogen (secondary N) is 1. The van der Waals surface area contributed by atoms with Gasteiger partial charge in [-0.15, -0.1) is 0 Å². The predicted molar refractivity (Wildman–Crippen MR) is 56.6 cm³/mol. The highest BCUT2D eigenvalue weighted by atomic mass is 19.1. The summed E-state index contributed by atoms with van der Waals surface area (Å²) in [5, 5.41) is 6.19. The average molecular weight is 235 g/mol. The lowest BCUT2D eigenvalue weighted by molar-refractivity contribution is 0.0949. The van der Waals surface area contributed by atoms with Crippen molar-refractivity contribution < 1.29 is 13.7 Å². The minimum atomic E-state index is -0.451. The van der Waals surface area contributed by atoms with Crippen LogP contribution in [0.3, 0.4) is 0 Å². The monoisotopic (exact) mass is 235 g/mol. The molecule has 0 spiro atoms. The van der Waals surface area contributed by atoms with Crippen LogP contribution in [0.4, 0.5) is 4.39 Å². The maximum atomic E-state index is 12.9. The van der Waals surface area contributed by atoms with Gasteiger partial charge in [-0.2, -0.15) is 4.98 Å². The Bertz CT molecular complexity index is 539. The Hall–Kier alpha value is -2.24. The molecule has 88 valence electrons. The van der Waals surface area contributed by atoms with E-state index in [9.17, 15) is 9.18 Å². The van der Waals surface area contributed by atoms with Gasteiger partial charge in [0.15, 0.2) is 5.82 Å². The molecule has 0 saturated carbocycles. The van der Waals surface area contributed by atoms with Crippen molar-refractivity contribution in [3.05, 3.63) is 47.4 Å². The highest BCUT2D eigenvalue weighted by Crippen LogP contribution is 2.03. The summed E-state index contributed by atoms with van der Waals surface area (Å²) in [4.78, 5) is 15.5. The van der Waals surface area contributed by atoms with Gasteiger partial charge in [0, 0.05) is 12.5 Å². The van der Waals surface area contributed by atoms with Crippen molar-refractivity contribution in [1.82, 2.24) is 15.5 Å². The van der Waals surface area contributed by atoms with Gasteiger partial charge >= 0.3 is 0 Å². The van der Waals surface area contributed by atoms with Gasteiger partial charge in [-0.25, -0.2) is 4.39 Å². The fraction of sp³-hybridized carbons (Fsp3) is 0.182. The third kappa shape index (κ3) is 2.87. The van der Waals surface area contributed by atoms with Crippen LogP contribution < -0.4 is 5.32 Å². The van der Waals surface area contributed by atoms with E-state index in [2.05, 4.69) is 15.5 Å². The lowest BCUT2D eigenvalue weighted by Crippen LogP contribution is -2.23. The Morgan fingerprint density at radius 1 is 1.53 bits per heavy atom. The molecule has 0 unspecified atom stereocenters. The first-order valence-corrected chi connectivity index (χ1v) is 4.98. The molecule has 1 aromatic carbocycles. The van der Waals surface area contributed by atoms with E-state index in [4.69, 9.17) is 4.52 Å². The number of halogens is 1. The van der Waals surface area contributed by atoms with E-state index in [1.54, 1.807) is 6.92 Å². The van der Waals surface area contributed by atoms with Crippen molar-refractivity contribution >= 4 is 5.91 Å². The molecule has 0 atom stereocenters. The van der Waals surface area contributed by atoms with Crippen LogP contribution in [0, 0.1) is 12.7 Å². The van der Waals surface area contributed by atoms with Crippen LogP contribution in [0.25, 0.3) is 0 Å². The fourth-order valence-corrected chi connectivity index (χ4v) is 1.30. The van der Waals surface area contributed by atoms with Gasteiger partial charge in [0.25, 0.3) is 5.91 Å². The third-order valence-electron chi connectivity index (χ3n) is 2.06. The molecule has 6 heteroatoms. The van der Waals surface area contributed by atoms with Gasteiger partial charge in [0.05, 0.1) is 6.54 Å². The summed E-state index contributed by atoms with van der Waals surface area (Å²) in [6.45, 7) is 1.80. The summed E-state index contributed by atoms with van der Waals surface area (Å²) in [6, 6.07) is 5.44. The molecule has 0 saturated heterocycles. The number of amides is 1. The molecule has 2 rings (SSSR count). The average Bonchev–Trinajstić information content (AvgIpc) is 2.72. The molecule has 1 aromatic heterocycles. The summed E-state index contributed by atoms with van der Waals surface area (Å²) in [6.07, 6.45) is 0. The number of aromatic nitrogens is 2. The number of benzene rings is 1. The maximum Gasteiger partial charge on any atom is 0.251 e. The number of aryl methyl sites for hydroxylation is 1. The Balaban J connectivity index is 1.98. The normalized spacial score (nSPS) is 10.2. The topological polar surface area (TPSA) is 68.0 Å². The number of rotatable bonds is 3. The quantitative estimate of drug-likeness (QED) is 0.874. The van der Waals surface area contributed by atoms with Gasteiger partial charge in [-0.05, 0) is 18.2 Å². The Labute approximate surface area is 96.6 Å². The maximum absolute atomic E-state index is 12.9. The van der Waals surface area contributed by atoms with Crippen LogP contribution in [0.2, 0.25) is 0 Å². The molecule has 5 nitrogen and oxygen atoms in total. The Morgan fingerprint density at radius 3 is 3.00 bits per heavy atom. The molecule has 1 heterocycles. The summed E-state index contributed by atoms with van der Waals surface area (Å²) >= 11 is 0. The zero-order valence-electron chi connectivity index (χ0n) is 9.11. The number of hydrogen-bond acceptors (Lipinski definition) is 4. The number of hydrogen-bond donors (Lipinski definition) is 1. The summed E-state index contributed by atoms with van der Waals surface area (Å²) < 4.78 is 17.6. The van der Waals surface area contributed by atoms with Crippen LogP contribution in [-0.4, -0.2) is 16.0 Å². The van der Waals surface area contributed by atoms with Crippen molar-refractivity contribution in [3.63, 3.8) is 0 Å². The first-order chi connectivity index (χ1) is 8.15. The van der Waals surface area contributed by atoms with E-state index in [0.29, 0.717) is 11.7 Å². The zero-order valence-corrected chi connectivity index (χ0v) is 9.11. The molecule has 1 amide bonds. The van der Waals surface area contributed by atoms with Gasteiger partial charge in [0.1, 0.15) is 5.82 Å². The van der Waals surface area contributed by atoms with Crippen LogP contribution in [-0.2, 0) is 6.54 Å². The second kappa shape index (κ2) is 4.73. The molecule has 17 heavy (non-hydrogen) atoms. The van der Waals surface area contributed by atoms with Crippen molar-refractivity contribution in [3.8, 4) is 0 Å². The van der Waals surface area contributed by atoms with E-state index in [1.807, 2.05) is 0 Å². The van der Waals surface area contributed by atoms with E-state index in [-0.39, 0.29) is 18.0 Å². The first kappa shape index (κ1) is 11.3. The van der Waals surface area contributed by atoms with Crippen molar-refractivity contribution in [1.29, 1.82) is 0 Å². The van der Waals surface area contributed by atoms with Gasteiger partial charge in [0.2, 0.25) is 5.89 Å². The zero-order chi connectivity index (χ0) is 12.3. The first-order valence-electron chi connectivity index (χ1n) is 4.98. The molecule has 0 radical (unpaired) electrons. The molecule has 2 aromatic rings. The molecule has 0 aliphatic rings. The minimum Gasteiger partial charge on any atom is -0.345 e. The number of carbonyl (C=O) groups is 1. The Morgan fingerprint density at radius 2 is 2.35 bits per heavy atom. The van der Waals surface area contributed by atoms with Gasteiger partial charge in [-0.1, -0.05) is 11.2 Å². The van der Waals surface area contributed by atoms with Crippen molar-refractivity contribution in [2.45, 2.75) is 13.5 Å². The largest absolute Gasteiger partial charge is 0.345 e. The van der Waals surface area contributed by atoms with E-state index in [0.717, 1.165) is 6.07 Å². The summed E-state index contributed by atoms with van der Waals surface area (Å²) in [7, 11) is 0. The highest BCUT2D eigenvalue weighted by Gasteiger charge is 2.08. The predicted octanol–water partition coefficient (Wildman–Crippen LogP) is 1.45. The van der Waals surface area contributed by atoms with E-state index < -0.39 is 5.82 Å². The molecular weight excluding hydrogens is 225 g/mol. The van der Waals surface area contributed by atoms with E-state index >= 15 is 0 Å². The molecule has 0 fully saturated rings. The van der Waals surface area contributed by atoms with Crippen molar-refractivity contribution in [2.24, 2.45) is 0 Å². The molecule has 0 aliphatic carbocycles. The van der Waals surface area contributed by atoms with Crippen LogP contribution in [0.1, 0.15) is 22.1 Å². The fourth-order valence-electron chi connectivity index (χ4n) is 1.30. The highest BCUT2D eigenvalue weighted by molar-refractivity contribution is 5.94. The molecule has 1 N–H and O–H groups in total. The van der Waals surface area contributed by atoms with Crippen LogP contribution in [0.15, 0.2) is 28.8 Å². The number of nitrogens with zero attached hydrogens (tertiary/aromatic N) is 2. The molecule has 0 aliphatic heterocycles.